The number of benzene rings is 2. The van der Waals surface area contributed by atoms with Crippen LogP contribution in [-0.4, -0.2) is 11.7 Å². The monoisotopic (exact) mass is 275 g/mol. The summed E-state index contributed by atoms with van der Waals surface area (Å²) in [6, 6.07) is 11.7. The molecule has 0 heterocycles. The molecule has 3 N–H and O–H groups in total. The number of aliphatic hydroxyl groups excluding tert-OH is 1. The minimum absolute atomic E-state index is 0.0133. The summed E-state index contributed by atoms with van der Waals surface area (Å²) in [6.45, 7) is 0.941. The molecule has 0 saturated carbocycles. The third kappa shape index (κ3) is 3.79. The molecule has 0 radical (unpaired) electrons. The number of aliphatic hydroxyl groups is 1. The molecular weight excluding hydrogens is 257 g/mol. The topological polar surface area (TPSA) is 55.5 Å². The summed E-state index contributed by atoms with van der Waals surface area (Å²) in [7, 11) is 0. The molecule has 0 fully saturated rings. The molecule has 0 aliphatic carbocycles. The lowest BCUT2D eigenvalue weighted by atomic mass is 10.0. The van der Waals surface area contributed by atoms with Crippen molar-refractivity contribution in [2.75, 3.05) is 6.61 Å². The molecule has 0 aliphatic heterocycles. The van der Waals surface area contributed by atoms with Gasteiger partial charge in [-0.15, -0.1) is 0 Å². The molecule has 4 heteroatoms. The molecule has 106 valence electrons. The summed E-state index contributed by atoms with van der Waals surface area (Å²) in [6.07, 6.45) is 0.718. The van der Waals surface area contributed by atoms with Crippen molar-refractivity contribution in [2.24, 2.45) is 5.73 Å². The molecule has 2 aromatic carbocycles. The summed E-state index contributed by atoms with van der Waals surface area (Å²) in [5.41, 5.74) is 8.68. The molecule has 0 spiro atoms. The maximum Gasteiger partial charge on any atom is 0.123 e. The Bertz CT molecular complexity index is 555. The molecule has 20 heavy (non-hydrogen) atoms. The van der Waals surface area contributed by atoms with Gasteiger partial charge in [-0.25, -0.2) is 4.39 Å². The van der Waals surface area contributed by atoms with Gasteiger partial charge in [-0.3, -0.25) is 0 Å². The zero-order valence-electron chi connectivity index (χ0n) is 11.2. The average Bonchev–Trinajstić information content (AvgIpc) is 2.49. The van der Waals surface area contributed by atoms with Gasteiger partial charge in [-0.2, -0.15) is 0 Å². The van der Waals surface area contributed by atoms with Crippen molar-refractivity contribution >= 4 is 0 Å². The second-order valence-electron chi connectivity index (χ2n) is 4.52. The maximum atomic E-state index is 12.8. The van der Waals surface area contributed by atoms with E-state index in [0.717, 1.165) is 23.1 Å². The molecular formula is C16H18FNO2. The van der Waals surface area contributed by atoms with Crippen molar-refractivity contribution in [3.05, 3.63) is 65.0 Å². The van der Waals surface area contributed by atoms with Gasteiger partial charge in [0.05, 0.1) is 13.2 Å². The van der Waals surface area contributed by atoms with Crippen LogP contribution in [0.15, 0.2) is 42.5 Å². The molecule has 0 atom stereocenters. The van der Waals surface area contributed by atoms with Crippen LogP contribution in [0.1, 0.15) is 16.7 Å². The van der Waals surface area contributed by atoms with Gasteiger partial charge in [0.2, 0.25) is 0 Å². The van der Waals surface area contributed by atoms with Gasteiger partial charge in [0.15, 0.2) is 0 Å². The first-order valence-corrected chi connectivity index (χ1v) is 6.53. The van der Waals surface area contributed by atoms with Crippen molar-refractivity contribution in [3.63, 3.8) is 0 Å². The highest BCUT2D eigenvalue weighted by atomic mass is 19.1. The molecule has 3 nitrogen and oxygen atoms in total. The first-order chi connectivity index (χ1) is 9.72. The van der Waals surface area contributed by atoms with E-state index in [1.54, 1.807) is 12.1 Å². The molecule has 2 rings (SSSR count). The van der Waals surface area contributed by atoms with Gasteiger partial charge >= 0.3 is 0 Å². The second kappa shape index (κ2) is 7.03. The number of hydrogen-bond acceptors (Lipinski definition) is 3. The number of hydrogen-bond donors (Lipinski definition) is 2. The van der Waals surface area contributed by atoms with Gasteiger partial charge in [0, 0.05) is 13.0 Å². The Morgan fingerprint density at radius 3 is 2.45 bits per heavy atom. The first-order valence-electron chi connectivity index (χ1n) is 6.53. The Morgan fingerprint density at radius 1 is 1.05 bits per heavy atom. The van der Waals surface area contributed by atoms with Gasteiger partial charge in [0.1, 0.15) is 11.6 Å². The highest BCUT2D eigenvalue weighted by Crippen LogP contribution is 2.15. The minimum atomic E-state index is -0.276. The molecule has 0 unspecified atom stereocenters. The molecule has 0 saturated heterocycles. The van der Waals surface area contributed by atoms with Crippen LogP contribution in [0.3, 0.4) is 0 Å². The Balaban J connectivity index is 1.95. The van der Waals surface area contributed by atoms with E-state index in [9.17, 15) is 4.39 Å². The van der Waals surface area contributed by atoms with Gasteiger partial charge in [-0.05, 0) is 41.0 Å². The summed E-state index contributed by atoms with van der Waals surface area (Å²) >= 11 is 0. The lowest BCUT2D eigenvalue weighted by molar-refractivity contribution is 0.281. The highest BCUT2D eigenvalue weighted by Gasteiger charge is 2.03. The SMILES string of the molecule is NCc1cc(CO)ccc1CCOc1ccc(F)cc1. The summed E-state index contributed by atoms with van der Waals surface area (Å²) in [5.74, 6) is 0.370. The van der Waals surface area contributed by atoms with Gasteiger partial charge < -0.3 is 15.6 Å². The zero-order valence-corrected chi connectivity index (χ0v) is 11.2. The van der Waals surface area contributed by atoms with Crippen LogP contribution < -0.4 is 10.5 Å². The predicted octanol–water partition coefficient (Wildman–Crippen LogP) is 2.40. The van der Waals surface area contributed by atoms with Crippen molar-refractivity contribution < 1.29 is 14.2 Å². The van der Waals surface area contributed by atoms with Crippen LogP contribution >= 0.6 is 0 Å². The fraction of sp³-hybridized carbons (Fsp3) is 0.250. The van der Waals surface area contributed by atoms with Crippen LogP contribution in [0.2, 0.25) is 0 Å². The van der Waals surface area contributed by atoms with E-state index in [2.05, 4.69) is 0 Å². The predicted molar refractivity (Wildman–Crippen MR) is 75.9 cm³/mol. The van der Waals surface area contributed by atoms with Crippen molar-refractivity contribution in [3.8, 4) is 5.75 Å². The summed E-state index contributed by atoms with van der Waals surface area (Å²) < 4.78 is 18.3. The Kier molecular flexibility index (Phi) is 5.09. The first kappa shape index (κ1) is 14.5. The van der Waals surface area contributed by atoms with Crippen molar-refractivity contribution in [1.82, 2.24) is 0 Å². The standard InChI is InChI=1S/C16H18FNO2/c17-15-3-5-16(6-4-15)20-8-7-13-2-1-12(11-19)9-14(13)10-18/h1-6,9,19H,7-8,10-11,18H2. The molecule has 2 aromatic rings. The molecule has 0 amide bonds. The number of nitrogens with two attached hydrogens (primary N) is 1. The van der Waals surface area contributed by atoms with E-state index >= 15 is 0 Å². The molecule has 0 aromatic heterocycles. The highest BCUT2D eigenvalue weighted by molar-refractivity contribution is 5.32. The number of halogens is 1. The molecule has 0 aliphatic rings. The van der Waals surface area contributed by atoms with Gasteiger partial charge in [-0.1, -0.05) is 18.2 Å². The zero-order chi connectivity index (χ0) is 14.4. The van der Waals surface area contributed by atoms with Crippen molar-refractivity contribution in [2.45, 2.75) is 19.6 Å². The van der Waals surface area contributed by atoms with Crippen LogP contribution in [0.5, 0.6) is 5.75 Å². The third-order valence-electron chi connectivity index (χ3n) is 3.13. The van der Waals surface area contributed by atoms with E-state index in [4.69, 9.17) is 15.6 Å². The van der Waals surface area contributed by atoms with Gasteiger partial charge in [0.25, 0.3) is 0 Å². The third-order valence-corrected chi connectivity index (χ3v) is 3.13. The van der Waals surface area contributed by atoms with Crippen LogP contribution in [0.25, 0.3) is 0 Å². The molecule has 0 bridgehead atoms. The van der Waals surface area contributed by atoms with Crippen LogP contribution in [0, 0.1) is 5.82 Å². The summed E-state index contributed by atoms with van der Waals surface area (Å²) in [4.78, 5) is 0. The Labute approximate surface area is 117 Å². The fourth-order valence-electron chi connectivity index (χ4n) is 2.02. The van der Waals surface area contributed by atoms with E-state index in [0.29, 0.717) is 18.9 Å². The van der Waals surface area contributed by atoms with Crippen LogP contribution in [-0.2, 0) is 19.6 Å². The minimum Gasteiger partial charge on any atom is -0.493 e. The number of ether oxygens (including phenoxy) is 1. The normalized spacial score (nSPS) is 10.6. The lowest BCUT2D eigenvalue weighted by Crippen LogP contribution is -2.07. The van der Waals surface area contributed by atoms with E-state index < -0.39 is 0 Å². The largest absolute Gasteiger partial charge is 0.493 e. The van der Waals surface area contributed by atoms with E-state index in [1.807, 2.05) is 18.2 Å². The van der Waals surface area contributed by atoms with E-state index in [1.165, 1.54) is 12.1 Å². The maximum absolute atomic E-state index is 12.8. The van der Waals surface area contributed by atoms with E-state index in [-0.39, 0.29) is 12.4 Å². The van der Waals surface area contributed by atoms with Crippen molar-refractivity contribution in [1.29, 1.82) is 0 Å². The smallest absolute Gasteiger partial charge is 0.123 e. The average molecular weight is 275 g/mol. The second-order valence-corrected chi connectivity index (χ2v) is 4.52. The number of rotatable bonds is 6. The fourth-order valence-corrected chi connectivity index (χ4v) is 2.02. The lowest BCUT2D eigenvalue weighted by Gasteiger charge is -2.11. The summed E-state index contributed by atoms with van der Waals surface area (Å²) in [5, 5.41) is 9.10. The Morgan fingerprint density at radius 2 is 1.80 bits per heavy atom. The quantitative estimate of drug-likeness (QED) is 0.851. The van der Waals surface area contributed by atoms with Crippen LogP contribution in [0.4, 0.5) is 4.39 Å². The Hall–Kier alpha value is -1.91.